The number of rotatable bonds is 6. The minimum Gasteiger partial charge on any atom is -0.487 e. The Morgan fingerprint density at radius 1 is 1.14 bits per heavy atom. The number of nitrogens with zero attached hydrogens (tertiary/aromatic N) is 1. The van der Waals surface area contributed by atoms with E-state index >= 15 is 0 Å². The van der Waals surface area contributed by atoms with Crippen LogP contribution in [0.2, 0.25) is 5.02 Å². The number of likely N-dealkylation sites (tertiary alicyclic amines) is 1. The van der Waals surface area contributed by atoms with Crippen LogP contribution in [-0.4, -0.2) is 47.3 Å². The minimum absolute atomic E-state index is 0.118. The van der Waals surface area contributed by atoms with Gasteiger partial charge in [0.15, 0.2) is 0 Å². The topological polar surface area (TPSA) is 78.9 Å². The van der Waals surface area contributed by atoms with Crippen molar-refractivity contribution >= 4 is 40.5 Å². The number of hydrogen-bond acceptors (Lipinski definition) is 5. The molecule has 11 heteroatoms. The molecule has 3 aromatic rings. The summed E-state index contributed by atoms with van der Waals surface area (Å²) in [5.41, 5.74) is 1.97. The number of carboxylic acid groups (broad SMARTS) is 1. The molecule has 1 aliphatic heterocycles. The largest absolute Gasteiger partial charge is 0.490 e. The monoisotopic (exact) mass is 526 g/mol. The second-order valence-electron chi connectivity index (χ2n) is 7.63. The molecule has 1 aliphatic rings. The van der Waals surface area contributed by atoms with Gasteiger partial charge in [0, 0.05) is 25.3 Å². The van der Waals surface area contributed by atoms with Crippen molar-refractivity contribution < 1.29 is 32.6 Å². The Bertz CT molecular complexity index is 1130. The first-order chi connectivity index (χ1) is 16.6. The second-order valence-corrected chi connectivity index (χ2v) is 8.98. The number of hydrogen-bond donors (Lipinski definition) is 2. The molecule has 0 bridgehead atoms. The SMILES string of the molecule is O=C(Nc1ccc(OC2CCN(Cc3ccccc3)C2)c(Cl)c1)c1cccs1.O=C(O)C(F)(F)F. The van der Waals surface area contributed by atoms with Crippen molar-refractivity contribution in [2.75, 3.05) is 18.4 Å². The van der Waals surface area contributed by atoms with Crippen LogP contribution in [0.4, 0.5) is 18.9 Å². The lowest BCUT2D eigenvalue weighted by atomic mass is 10.2. The third kappa shape index (κ3) is 8.27. The number of carbonyl (C=O) groups excluding carboxylic acids is 1. The van der Waals surface area contributed by atoms with Crippen LogP contribution in [0.1, 0.15) is 21.7 Å². The first-order valence-electron chi connectivity index (χ1n) is 10.5. The molecule has 0 aliphatic carbocycles. The van der Waals surface area contributed by atoms with Gasteiger partial charge in [0.1, 0.15) is 11.9 Å². The lowest BCUT2D eigenvalue weighted by Gasteiger charge is -2.18. The zero-order valence-electron chi connectivity index (χ0n) is 18.3. The number of anilines is 1. The average Bonchev–Trinajstić information content (AvgIpc) is 3.49. The normalized spacial score (nSPS) is 15.7. The highest BCUT2D eigenvalue weighted by Gasteiger charge is 2.38. The summed E-state index contributed by atoms with van der Waals surface area (Å²) in [6.45, 7) is 2.82. The van der Waals surface area contributed by atoms with Crippen LogP contribution in [0.25, 0.3) is 0 Å². The van der Waals surface area contributed by atoms with Crippen molar-refractivity contribution in [1.29, 1.82) is 0 Å². The van der Waals surface area contributed by atoms with Crippen LogP contribution in [0.3, 0.4) is 0 Å². The molecule has 1 unspecified atom stereocenters. The number of nitrogens with one attached hydrogen (secondary N) is 1. The smallest absolute Gasteiger partial charge is 0.487 e. The van der Waals surface area contributed by atoms with Gasteiger partial charge in [0.05, 0.1) is 9.90 Å². The van der Waals surface area contributed by atoms with Crippen LogP contribution in [-0.2, 0) is 11.3 Å². The molecule has 1 fully saturated rings. The van der Waals surface area contributed by atoms with Crippen molar-refractivity contribution in [2.45, 2.75) is 25.2 Å². The van der Waals surface area contributed by atoms with Crippen LogP contribution in [0.15, 0.2) is 66.0 Å². The maximum atomic E-state index is 12.2. The number of benzene rings is 2. The summed E-state index contributed by atoms with van der Waals surface area (Å²) in [7, 11) is 0. The lowest BCUT2D eigenvalue weighted by molar-refractivity contribution is -0.192. The molecule has 6 nitrogen and oxygen atoms in total. The quantitative estimate of drug-likeness (QED) is 0.415. The zero-order chi connectivity index (χ0) is 25.4. The average molecular weight is 527 g/mol. The Labute approximate surface area is 208 Å². The molecular formula is C24H22ClF3N2O4S. The molecule has 1 amide bonds. The Morgan fingerprint density at radius 2 is 1.86 bits per heavy atom. The van der Waals surface area contributed by atoms with E-state index in [1.54, 1.807) is 12.1 Å². The van der Waals surface area contributed by atoms with Crippen molar-refractivity contribution in [1.82, 2.24) is 4.90 Å². The van der Waals surface area contributed by atoms with Gasteiger partial charge in [-0.2, -0.15) is 13.2 Å². The van der Waals surface area contributed by atoms with Crippen LogP contribution in [0, 0.1) is 0 Å². The maximum Gasteiger partial charge on any atom is 0.490 e. The van der Waals surface area contributed by atoms with Crippen LogP contribution < -0.4 is 10.1 Å². The van der Waals surface area contributed by atoms with E-state index in [4.69, 9.17) is 26.2 Å². The van der Waals surface area contributed by atoms with Crippen molar-refractivity contribution in [3.05, 3.63) is 81.5 Å². The van der Waals surface area contributed by atoms with Gasteiger partial charge in [0.2, 0.25) is 0 Å². The van der Waals surface area contributed by atoms with E-state index in [2.05, 4.69) is 34.5 Å². The third-order valence-corrected chi connectivity index (χ3v) is 6.11. The number of carboxylic acids is 1. The Morgan fingerprint density at radius 3 is 2.46 bits per heavy atom. The molecule has 1 saturated heterocycles. The fraction of sp³-hybridized carbons (Fsp3) is 0.250. The van der Waals surface area contributed by atoms with Gasteiger partial charge in [-0.25, -0.2) is 4.79 Å². The molecule has 2 heterocycles. The van der Waals surface area contributed by atoms with E-state index < -0.39 is 12.1 Å². The molecule has 1 atom stereocenters. The molecule has 4 rings (SSSR count). The molecule has 0 spiro atoms. The number of alkyl halides is 3. The molecule has 35 heavy (non-hydrogen) atoms. The molecule has 0 saturated carbocycles. The number of thiophene rings is 1. The van der Waals surface area contributed by atoms with Gasteiger partial charge in [0.25, 0.3) is 5.91 Å². The van der Waals surface area contributed by atoms with E-state index in [0.29, 0.717) is 21.3 Å². The Kier molecular flexibility index (Phi) is 9.13. The van der Waals surface area contributed by atoms with E-state index in [0.717, 1.165) is 26.1 Å². The number of carbonyl (C=O) groups is 2. The zero-order valence-corrected chi connectivity index (χ0v) is 19.9. The van der Waals surface area contributed by atoms with Gasteiger partial charge in [-0.1, -0.05) is 48.0 Å². The third-order valence-electron chi connectivity index (χ3n) is 4.95. The van der Waals surface area contributed by atoms with Gasteiger partial charge >= 0.3 is 12.1 Å². The van der Waals surface area contributed by atoms with E-state index in [1.165, 1.54) is 16.9 Å². The second kappa shape index (κ2) is 12.1. The number of halogens is 4. The summed E-state index contributed by atoms with van der Waals surface area (Å²) in [5.74, 6) is -2.23. The number of aliphatic carboxylic acids is 1. The van der Waals surface area contributed by atoms with E-state index in [9.17, 15) is 18.0 Å². The predicted octanol–water partition coefficient (Wildman–Crippen LogP) is 5.94. The molecule has 2 aromatic carbocycles. The minimum atomic E-state index is -5.08. The van der Waals surface area contributed by atoms with Gasteiger partial charge in [-0.05, 0) is 41.6 Å². The van der Waals surface area contributed by atoms with Crippen LogP contribution >= 0.6 is 22.9 Å². The fourth-order valence-corrected chi connectivity index (χ4v) is 4.18. The van der Waals surface area contributed by atoms with E-state index in [1.807, 2.05) is 29.6 Å². The van der Waals surface area contributed by atoms with Crippen molar-refractivity contribution in [2.24, 2.45) is 0 Å². The maximum absolute atomic E-state index is 12.2. The van der Waals surface area contributed by atoms with Gasteiger partial charge < -0.3 is 15.2 Å². The highest BCUT2D eigenvalue weighted by atomic mass is 35.5. The van der Waals surface area contributed by atoms with E-state index in [-0.39, 0.29) is 12.0 Å². The lowest BCUT2D eigenvalue weighted by Crippen LogP contribution is -2.24. The fourth-order valence-electron chi connectivity index (χ4n) is 3.33. The summed E-state index contributed by atoms with van der Waals surface area (Å²) in [6, 6.07) is 19.5. The molecular weight excluding hydrogens is 505 g/mol. The van der Waals surface area contributed by atoms with Crippen LogP contribution in [0.5, 0.6) is 5.75 Å². The summed E-state index contributed by atoms with van der Waals surface area (Å²) in [6.07, 6.45) is -3.99. The summed E-state index contributed by atoms with van der Waals surface area (Å²) < 4.78 is 37.9. The molecule has 186 valence electrons. The Balaban J connectivity index is 0.000000429. The summed E-state index contributed by atoms with van der Waals surface area (Å²) in [4.78, 5) is 24.1. The Hall–Kier alpha value is -3.08. The van der Waals surface area contributed by atoms with Gasteiger partial charge in [-0.15, -0.1) is 11.3 Å². The highest BCUT2D eigenvalue weighted by molar-refractivity contribution is 7.12. The highest BCUT2D eigenvalue weighted by Crippen LogP contribution is 2.30. The van der Waals surface area contributed by atoms with Crippen molar-refractivity contribution in [3.8, 4) is 5.75 Å². The number of amides is 1. The van der Waals surface area contributed by atoms with Gasteiger partial charge in [-0.3, -0.25) is 9.69 Å². The molecule has 0 radical (unpaired) electrons. The first-order valence-corrected chi connectivity index (χ1v) is 11.7. The molecule has 2 N–H and O–H groups in total. The van der Waals surface area contributed by atoms with Crippen molar-refractivity contribution in [3.63, 3.8) is 0 Å². The standard InChI is InChI=1S/C22H21ClN2O2S.C2HF3O2/c23-19-13-17(24-22(26)21-7-4-12-28-21)8-9-20(19)27-18-10-11-25(15-18)14-16-5-2-1-3-6-16;3-2(4,5)1(6)7/h1-9,12-13,18H,10-11,14-15H2,(H,24,26);(H,6,7). The summed E-state index contributed by atoms with van der Waals surface area (Å²) >= 11 is 7.80. The predicted molar refractivity (Wildman–Crippen MR) is 128 cm³/mol. The molecule has 1 aromatic heterocycles. The first kappa shape index (κ1) is 26.5. The summed E-state index contributed by atoms with van der Waals surface area (Å²) in [5, 5.41) is 12.4. The number of ether oxygens (including phenoxy) is 1.